The largest absolute Gasteiger partial charge is 0.451 e. The average Bonchev–Trinajstić information content (AvgIpc) is 2.75. The number of nitrogens with one attached hydrogen (secondary N) is 1. The number of nitrogens with zero attached hydrogens (tertiary/aromatic N) is 2. The lowest BCUT2D eigenvalue weighted by atomic mass is 10.1. The molecule has 1 aliphatic heterocycles. The van der Waals surface area contributed by atoms with Crippen LogP contribution in [-0.4, -0.2) is 33.6 Å². The third kappa shape index (κ3) is 4.21. The van der Waals surface area contributed by atoms with E-state index in [2.05, 4.69) is 10.3 Å². The van der Waals surface area contributed by atoms with Crippen molar-refractivity contribution in [3.63, 3.8) is 0 Å². The van der Waals surface area contributed by atoms with Crippen LogP contribution < -0.4 is 10.9 Å². The normalized spacial score (nSPS) is 14.5. The van der Waals surface area contributed by atoms with E-state index in [1.165, 1.54) is 0 Å². The Morgan fingerprint density at radius 3 is 2.70 bits per heavy atom. The van der Waals surface area contributed by atoms with Crippen LogP contribution in [-0.2, 0) is 22.5 Å². The first-order valence-electron chi connectivity index (χ1n) is 9.18. The van der Waals surface area contributed by atoms with E-state index in [9.17, 15) is 14.4 Å². The molecule has 8 heteroatoms. The van der Waals surface area contributed by atoms with Crippen LogP contribution in [0.1, 0.15) is 61.1 Å². The number of carbonyl (C=O) groups excluding carboxylic acids is 2. The average molecular weight is 391 g/mol. The first-order valence-corrected chi connectivity index (χ1v) is 10.00. The number of carbonyl (C=O) groups is 2. The van der Waals surface area contributed by atoms with Crippen molar-refractivity contribution in [3.8, 4) is 0 Å². The minimum atomic E-state index is -0.598. The van der Waals surface area contributed by atoms with Crippen LogP contribution in [0.4, 0.5) is 0 Å². The van der Waals surface area contributed by atoms with Gasteiger partial charge in [-0.05, 0) is 46.1 Å². The number of esters is 1. The van der Waals surface area contributed by atoms with Gasteiger partial charge in [0.25, 0.3) is 11.5 Å². The second-order valence-corrected chi connectivity index (χ2v) is 8.91. The molecule has 0 bridgehead atoms. The Bertz CT molecular complexity index is 952. The molecule has 0 fully saturated rings. The number of hydrogen-bond acceptors (Lipinski definition) is 6. The molecule has 3 heterocycles. The molecule has 7 nitrogen and oxygen atoms in total. The van der Waals surface area contributed by atoms with E-state index in [1.807, 2.05) is 20.8 Å². The maximum absolute atomic E-state index is 12.9. The van der Waals surface area contributed by atoms with Gasteiger partial charge in [-0.3, -0.25) is 14.2 Å². The molecule has 0 spiro atoms. The van der Waals surface area contributed by atoms with E-state index < -0.39 is 11.5 Å². The molecule has 2 aromatic rings. The summed E-state index contributed by atoms with van der Waals surface area (Å²) in [7, 11) is 0. The number of rotatable bonds is 3. The van der Waals surface area contributed by atoms with E-state index in [1.54, 1.807) is 11.5 Å². The van der Waals surface area contributed by atoms with Gasteiger partial charge in [-0.25, -0.2) is 9.78 Å². The standard InChI is InChI=1S/C19H25N3O4S/c1-11-14-16(20-12-8-6-5-7-9-22(12)17(14)24)27-15(11)18(25)26-10-13(23)21-19(2,3)4/h5-10H2,1-4H3,(H,21,23). The van der Waals surface area contributed by atoms with Crippen LogP contribution >= 0.6 is 11.3 Å². The van der Waals surface area contributed by atoms with E-state index in [0.29, 0.717) is 27.2 Å². The zero-order chi connectivity index (χ0) is 19.8. The summed E-state index contributed by atoms with van der Waals surface area (Å²) in [5.41, 5.74) is 0.0939. The van der Waals surface area contributed by atoms with E-state index in [4.69, 9.17) is 4.74 Å². The molecule has 0 atom stereocenters. The van der Waals surface area contributed by atoms with Crippen molar-refractivity contribution < 1.29 is 14.3 Å². The molecule has 2 aromatic heterocycles. The Balaban J connectivity index is 1.86. The lowest BCUT2D eigenvalue weighted by Gasteiger charge is -2.20. The van der Waals surface area contributed by atoms with Crippen molar-refractivity contribution in [1.82, 2.24) is 14.9 Å². The van der Waals surface area contributed by atoms with Crippen LogP contribution in [0.3, 0.4) is 0 Å². The van der Waals surface area contributed by atoms with Crippen molar-refractivity contribution in [2.45, 2.75) is 65.5 Å². The molecule has 0 unspecified atom stereocenters. The molecule has 0 saturated heterocycles. The van der Waals surface area contributed by atoms with Gasteiger partial charge in [0.15, 0.2) is 6.61 Å². The van der Waals surface area contributed by atoms with Gasteiger partial charge in [-0.15, -0.1) is 11.3 Å². The van der Waals surface area contributed by atoms with Gasteiger partial charge in [-0.2, -0.15) is 0 Å². The number of hydrogen-bond donors (Lipinski definition) is 1. The van der Waals surface area contributed by atoms with E-state index in [-0.39, 0.29) is 18.1 Å². The number of amides is 1. The fourth-order valence-corrected chi connectivity index (χ4v) is 4.34. The summed E-state index contributed by atoms with van der Waals surface area (Å²) >= 11 is 1.16. The molecule has 1 aliphatic rings. The first-order chi connectivity index (χ1) is 12.7. The predicted molar refractivity (Wildman–Crippen MR) is 104 cm³/mol. The molecule has 0 aliphatic carbocycles. The Morgan fingerprint density at radius 1 is 1.26 bits per heavy atom. The summed E-state index contributed by atoms with van der Waals surface area (Å²) in [6.45, 7) is 7.60. The molecular formula is C19H25N3O4S. The highest BCUT2D eigenvalue weighted by molar-refractivity contribution is 7.20. The van der Waals surface area contributed by atoms with Gasteiger partial charge in [-0.1, -0.05) is 6.42 Å². The molecule has 0 aromatic carbocycles. The van der Waals surface area contributed by atoms with Gasteiger partial charge < -0.3 is 10.1 Å². The lowest BCUT2D eigenvalue weighted by molar-refractivity contribution is -0.125. The second-order valence-electron chi connectivity index (χ2n) is 7.91. The van der Waals surface area contributed by atoms with Gasteiger partial charge in [0, 0.05) is 18.5 Å². The highest BCUT2D eigenvalue weighted by atomic mass is 32.1. The molecule has 0 radical (unpaired) electrons. The number of ether oxygens (including phenoxy) is 1. The van der Waals surface area contributed by atoms with Gasteiger partial charge in [0.1, 0.15) is 15.5 Å². The topological polar surface area (TPSA) is 90.3 Å². The van der Waals surface area contributed by atoms with Crippen molar-refractivity contribution >= 4 is 33.4 Å². The predicted octanol–water partition coefficient (Wildman–Crippen LogP) is 2.56. The Labute approximate surface area is 161 Å². The third-order valence-corrected chi connectivity index (χ3v) is 5.61. The third-order valence-electron chi connectivity index (χ3n) is 4.45. The summed E-state index contributed by atoms with van der Waals surface area (Å²) in [6.07, 6.45) is 3.83. The van der Waals surface area contributed by atoms with E-state index >= 15 is 0 Å². The van der Waals surface area contributed by atoms with E-state index in [0.717, 1.165) is 42.8 Å². The minimum absolute atomic E-state index is 0.0878. The Kier molecular flexibility index (Phi) is 5.37. The van der Waals surface area contributed by atoms with Crippen molar-refractivity contribution in [3.05, 3.63) is 26.6 Å². The number of aryl methyl sites for hydroxylation is 2. The van der Waals surface area contributed by atoms with Crippen molar-refractivity contribution in [2.75, 3.05) is 6.61 Å². The fraction of sp³-hybridized carbons (Fsp3) is 0.579. The summed E-state index contributed by atoms with van der Waals surface area (Å²) < 4.78 is 6.89. The summed E-state index contributed by atoms with van der Waals surface area (Å²) in [5.74, 6) is -0.172. The SMILES string of the molecule is Cc1c(C(=O)OCC(=O)NC(C)(C)C)sc2nc3n(c(=O)c12)CCCCC3. The highest BCUT2D eigenvalue weighted by Gasteiger charge is 2.24. The zero-order valence-electron chi connectivity index (χ0n) is 16.2. The molecule has 3 rings (SSSR count). The van der Waals surface area contributed by atoms with Gasteiger partial charge in [0.2, 0.25) is 0 Å². The molecule has 0 saturated carbocycles. The van der Waals surface area contributed by atoms with Crippen molar-refractivity contribution in [1.29, 1.82) is 0 Å². The first kappa shape index (κ1) is 19.5. The smallest absolute Gasteiger partial charge is 0.349 e. The number of fused-ring (bicyclic) bond motifs is 2. The van der Waals surface area contributed by atoms with Gasteiger partial charge >= 0.3 is 5.97 Å². The van der Waals surface area contributed by atoms with Gasteiger partial charge in [0.05, 0.1) is 5.39 Å². The molecular weight excluding hydrogens is 366 g/mol. The lowest BCUT2D eigenvalue weighted by Crippen LogP contribution is -2.42. The number of thiophene rings is 1. The molecule has 146 valence electrons. The maximum Gasteiger partial charge on any atom is 0.349 e. The fourth-order valence-electron chi connectivity index (χ4n) is 3.26. The molecule has 1 N–H and O–H groups in total. The minimum Gasteiger partial charge on any atom is -0.451 e. The Hall–Kier alpha value is -2.22. The van der Waals surface area contributed by atoms with Crippen molar-refractivity contribution in [2.24, 2.45) is 0 Å². The van der Waals surface area contributed by atoms with Crippen LogP contribution in [0.5, 0.6) is 0 Å². The second kappa shape index (κ2) is 7.42. The van der Waals surface area contributed by atoms with Crippen LogP contribution in [0.2, 0.25) is 0 Å². The molecule has 1 amide bonds. The van der Waals surface area contributed by atoms with Crippen LogP contribution in [0.15, 0.2) is 4.79 Å². The highest BCUT2D eigenvalue weighted by Crippen LogP contribution is 2.29. The monoisotopic (exact) mass is 391 g/mol. The quantitative estimate of drug-likeness (QED) is 0.812. The summed E-state index contributed by atoms with van der Waals surface area (Å²) in [6, 6.07) is 0. The Morgan fingerprint density at radius 2 is 2.00 bits per heavy atom. The number of aromatic nitrogens is 2. The van der Waals surface area contributed by atoms with Crippen LogP contribution in [0.25, 0.3) is 10.2 Å². The molecule has 27 heavy (non-hydrogen) atoms. The summed E-state index contributed by atoms with van der Waals surface area (Å²) in [4.78, 5) is 42.8. The maximum atomic E-state index is 12.9. The summed E-state index contributed by atoms with van der Waals surface area (Å²) in [5, 5.41) is 3.22. The zero-order valence-corrected chi connectivity index (χ0v) is 17.0. The van der Waals surface area contributed by atoms with Crippen LogP contribution in [0, 0.1) is 6.92 Å².